The minimum Gasteiger partial charge on any atom is -0.495 e. The van der Waals surface area contributed by atoms with Gasteiger partial charge in [0.2, 0.25) is 0 Å². The number of methoxy groups -OCH3 is 1. The van der Waals surface area contributed by atoms with Crippen molar-refractivity contribution in [2.75, 3.05) is 45.7 Å². The highest BCUT2D eigenvalue weighted by Crippen LogP contribution is 2.28. The van der Waals surface area contributed by atoms with E-state index in [1.807, 2.05) is 11.8 Å². The van der Waals surface area contributed by atoms with Gasteiger partial charge in [-0.25, -0.2) is 9.37 Å². The summed E-state index contributed by atoms with van der Waals surface area (Å²) in [6.45, 7) is 2.05. The fraction of sp³-hybridized carbons (Fsp3) is 0.414. The number of carbonyl (C=O) groups is 2. The highest BCUT2D eigenvalue weighted by Gasteiger charge is 2.41. The van der Waals surface area contributed by atoms with Crippen LogP contribution in [0.2, 0.25) is 0 Å². The number of hydrogen-bond donors (Lipinski definition) is 3. The quantitative estimate of drug-likeness (QED) is 0.205. The van der Waals surface area contributed by atoms with Crippen molar-refractivity contribution in [3.63, 3.8) is 0 Å². The van der Waals surface area contributed by atoms with Crippen LogP contribution in [0, 0.1) is 11.8 Å². The third kappa shape index (κ3) is 7.47. The Morgan fingerprint density at radius 1 is 1.23 bits per heavy atom. The average Bonchev–Trinajstić information content (AvgIpc) is 3.36. The molecule has 227 valence electrons. The molecule has 1 saturated heterocycles. The molecule has 2 heterocycles. The highest BCUT2D eigenvalue weighted by atomic mass is 28.1. The molecule has 2 amide bonds. The van der Waals surface area contributed by atoms with E-state index in [2.05, 4.69) is 43.0 Å². The van der Waals surface area contributed by atoms with Gasteiger partial charge in [0.15, 0.2) is 0 Å². The van der Waals surface area contributed by atoms with Crippen molar-refractivity contribution in [2.24, 2.45) is 0 Å². The monoisotopic (exact) mass is 615 g/mol. The van der Waals surface area contributed by atoms with E-state index in [9.17, 15) is 22.8 Å². The summed E-state index contributed by atoms with van der Waals surface area (Å²) in [5.74, 6) is 5.23. The van der Waals surface area contributed by atoms with Crippen molar-refractivity contribution in [2.45, 2.75) is 37.4 Å². The molecule has 4 rings (SSSR count). The fourth-order valence-corrected chi connectivity index (χ4v) is 5.12. The van der Waals surface area contributed by atoms with E-state index in [0.717, 1.165) is 10.9 Å². The van der Waals surface area contributed by atoms with Gasteiger partial charge >= 0.3 is 6.18 Å². The highest BCUT2D eigenvalue weighted by molar-refractivity contribution is 6.19. The van der Waals surface area contributed by atoms with Crippen molar-refractivity contribution in [1.29, 1.82) is 0 Å². The molecular weight excluding hydrogens is 584 g/mol. The van der Waals surface area contributed by atoms with E-state index in [1.165, 1.54) is 26.3 Å². The third-order valence-electron chi connectivity index (χ3n) is 7.17. The number of likely N-dealkylation sites (tertiary alicyclic amines) is 1. The summed E-state index contributed by atoms with van der Waals surface area (Å²) in [4.78, 5) is 31.4. The van der Waals surface area contributed by atoms with Gasteiger partial charge in [0.25, 0.3) is 11.8 Å². The molecule has 0 aliphatic carbocycles. The van der Waals surface area contributed by atoms with Crippen LogP contribution in [0.5, 0.6) is 5.75 Å². The first-order valence-corrected chi connectivity index (χ1v) is 14.0. The number of hydrogen-bond acceptors (Lipinski definition) is 6. The molecule has 1 aliphatic heterocycles. The average molecular weight is 616 g/mol. The van der Waals surface area contributed by atoms with E-state index in [4.69, 9.17) is 4.74 Å². The maximum Gasteiger partial charge on any atom is 0.406 e. The Morgan fingerprint density at radius 2 is 2.00 bits per heavy atom. The number of ether oxygens (including phenoxy) is 1. The van der Waals surface area contributed by atoms with Crippen LogP contribution < -0.4 is 20.7 Å². The molecule has 1 aliphatic rings. The molecule has 1 fully saturated rings. The summed E-state index contributed by atoms with van der Waals surface area (Å²) in [5, 5.41) is 6.96. The summed E-state index contributed by atoms with van der Waals surface area (Å²) >= 11 is 0. The second-order valence-corrected chi connectivity index (χ2v) is 11.0. The number of benzene rings is 2. The standard InChI is InChI=1S/C29H31F4N6O3Si/c1-4-38-11-9-28(43,24(30)15-38)37-27(41)20-12-18(13-22-25(20)36-17-39(22)16-29(31,32)33)6-5-10-35-21-8-7-19(26(40)34-2)14-23(21)42-3/h7-8,12-14,17,24,35H,4,9-11,15-16H2,1-3H3,(H,34,40)(H,37,41)/t24-,28-/m0/s1. The van der Waals surface area contributed by atoms with E-state index in [1.54, 1.807) is 18.2 Å². The number of halogens is 4. The summed E-state index contributed by atoms with van der Waals surface area (Å²) in [5.41, 5.74) is 1.33. The zero-order chi connectivity index (χ0) is 31.4. The number of nitrogens with one attached hydrogen (secondary N) is 3. The topological polar surface area (TPSA) is 101 Å². The number of piperidine rings is 1. The van der Waals surface area contributed by atoms with Gasteiger partial charge in [-0.2, -0.15) is 13.2 Å². The SMILES string of the molecule is CCN1CC[C@@]([Si])(NC(=O)c2cc(C#CCNc3ccc(C(=O)NC)cc3OC)cc3c2ncn3CC(F)(F)F)[C@@H](F)C1. The van der Waals surface area contributed by atoms with E-state index >= 15 is 4.39 Å². The molecule has 0 bridgehead atoms. The number of alkyl halides is 4. The molecule has 14 heteroatoms. The van der Waals surface area contributed by atoms with Crippen molar-refractivity contribution < 1.29 is 31.9 Å². The van der Waals surface area contributed by atoms with Crippen LogP contribution in [0.25, 0.3) is 11.0 Å². The molecule has 2 aromatic carbocycles. The minimum atomic E-state index is -4.53. The molecule has 43 heavy (non-hydrogen) atoms. The number of aromatic nitrogens is 2. The second kappa shape index (κ2) is 13.0. The van der Waals surface area contributed by atoms with Gasteiger partial charge < -0.3 is 30.2 Å². The second-order valence-electron chi connectivity index (χ2n) is 10.1. The van der Waals surface area contributed by atoms with Crippen molar-refractivity contribution in [1.82, 2.24) is 25.1 Å². The molecule has 3 aromatic rings. The number of amides is 2. The first-order chi connectivity index (χ1) is 20.4. The van der Waals surface area contributed by atoms with Crippen LogP contribution in [-0.4, -0.2) is 94.4 Å². The van der Waals surface area contributed by atoms with E-state index in [0.29, 0.717) is 30.1 Å². The van der Waals surface area contributed by atoms with Gasteiger partial charge in [-0.15, -0.1) is 0 Å². The molecule has 1 aromatic heterocycles. The van der Waals surface area contributed by atoms with Crippen LogP contribution in [0.15, 0.2) is 36.7 Å². The Kier molecular flexibility index (Phi) is 9.66. The molecule has 3 N–H and O–H groups in total. The largest absolute Gasteiger partial charge is 0.495 e. The van der Waals surface area contributed by atoms with E-state index in [-0.39, 0.29) is 47.6 Å². The predicted molar refractivity (Wildman–Crippen MR) is 155 cm³/mol. The van der Waals surface area contributed by atoms with Crippen molar-refractivity contribution in [3.8, 4) is 17.6 Å². The van der Waals surface area contributed by atoms with Gasteiger partial charge in [0.1, 0.15) is 24.0 Å². The molecule has 3 radical (unpaired) electrons. The summed E-state index contributed by atoms with van der Waals surface area (Å²) in [7, 11) is 6.41. The molecule has 0 spiro atoms. The number of nitrogens with zero attached hydrogens (tertiary/aromatic N) is 3. The maximum atomic E-state index is 15.1. The molecule has 9 nitrogen and oxygen atoms in total. The number of rotatable bonds is 8. The molecule has 0 unspecified atom stereocenters. The zero-order valence-electron chi connectivity index (χ0n) is 23.9. The van der Waals surface area contributed by atoms with Crippen LogP contribution >= 0.6 is 0 Å². The Morgan fingerprint density at radius 3 is 2.65 bits per heavy atom. The number of imidazole rings is 1. The van der Waals surface area contributed by atoms with Crippen LogP contribution in [-0.2, 0) is 6.54 Å². The lowest BCUT2D eigenvalue weighted by Gasteiger charge is -2.42. The Bertz CT molecular complexity index is 1570. The Labute approximate surface area is 249 Å². The summed E-state index contributed by atoms with van der Waals surface area (Å²) in [6, 6.07) is 7.70. The van der Waals surface area contributed by atoms with Gasteiger partial charge in [-0.3, -0.25) is 9.59 Å². The summed E-state index contributed by atoms with van der Waals surface area (Å²) in [6.07, 6.45) is -4.64. The Hall–Kier alpha value is -4.09. The fourth-order valence-electron chi connectivity index (χ4n) is 4.80. The van der Waals surface area contributed by atoms with Crippen molar-refractivity contribution >= 4 is 38.8 Å². The van der Waals surface area contributed by atoms with Gasteiger partial charge in [-0.05, 0) is 43.3 Å². The zero-order valence-corrected chi connectivity index (χ0v) is 24.9. The lowest BCUT2D eigenvalue weighted by Crippen LogP contribution is -2.63. The molecule has 2 atom stereocenters. The van der Waals surface area contributed by atoms with E-state index < -0.39 is 30.0 Å². The predicted octanol–water partition coefficient (Wildman–Crippen LogP) is 3.09. The Balaban J connectivity index is 1.62. The normalized spacial score (nSPS) is 18.9. The van der Waals surface area contributed by atoms with Gasteiger partial charge in [0, 0.05) is 31.3 Å². The number of carbonyl (C=O) groups excluding carboxylic acids is 2. The van der Waals surface area contributed by atoms with Crippen LogP contribution in [0.4, 0.5) is 23.2 Å². The van der Waals surface area contributed by atoms with Crippen LogP contribution in [0.1, 0.15) is 39.6 Å². The lowest BCUT2D eigenvalue weighted by atomic mass is 10.0. The van der Waals surface area contributed by atoms with Crippen LogP contribution in [0.3, 0.4) is 0 Å². The number of anilines is 1. The van der Waals surface area contributed by atoms with Gasteiger partial charge in [0.05, 0.1) is 52.2 Å². The lowest BCUT2D eigenvalue weighted by molar-refractivity contribution is -0.139. The number of fused-ring (bicyclic) bond motifs is 1. The molecular formula is C29H31F4N6O3Si. The molecule has 0 saturated carbocycles. The first-order valence-electron chi connectivity index (χ1n) is 13.5. The minimum absolute atomic E-state index is 0.0233. The third-order valence-corrected chi connectivity index (χ3v) is 7.86. The maximum absolute atomic E-state index is 15.1. The smallest absolute Gasteiger partial charge is 0.406 e. The first kappa shape index (κ1) is 31.8. The van der Waals surface area contributed by atoms with Gasteiger partial charge in [-0.1, -0.05) is 18.8 Å². The summed E-state index contributed by atoms with van der Waals surface area (Å²) < 4.78 is 61.2. The van der Waals surface area contributed by atoms with Crippen molar-refractivity contribution in [3.05, 3.63) is 53.3 Å².